The average Bonchev–Trinajstić information content (AvgIpc) is 3.12. The Morgan fingerprint density at radius 1 is 1.33 bits per heavy atom. The summed E-state index contributed by atoms with van der Waals surface area (Å²) >= 11 is 1.57. The van der Waals surface area contributed by atoms with E-state index in [1.165, 1.54) is 18.4 Å². The standard InChI is InChI=1S/C14H15N3S/c15-14(16)13-12(10-6-7-10)17-11(18-13)8-9-4-2-1-3-5-9/h1-5,10H,6-8H2,(H3,15,16). The molecule has 3 nitrogen and oxygen atoms in total. The Bertz CT molecular complexity index is 570. The van der Waals surface area contributed by atoms with Crippen molar-refractivity contribution in [3.8, 4) is 0 Å². The number of nitrogens with two attached hydrogens (primary N) is 1. The van der Waals surface area contributed by atoms with Crippen LogP contribution >= 0.6 is 11.3 Å². The summed E-state index contributed by atoms with van der Waals surface area (Å²) in [5.74, 6) is 0.707. The van der Waals surface area contributed by atoms with Gasteiger partial charge in [-0.15, -0.1) is 11.3 Å². The predicted octanol–water partition coefficient (Wildman–Crippen LogP) is 2.90. The number of nitrogen functional groups attached to an aromatic ring is 1. The number of nitrogens with one attached hydrogen (secondary N) is 1. The first-order valence-electron chi connectivity index (χ1n) is 6.12. The van der Waals surface area contributed by atoms with Gasteiger partial charge in [-0.25, -0.2) is 4.98 Å². The Kier molecular flexibility index (Phi) is 2.88. The Hall–Kier alpha value is -1.68. The predicted molar refractivity (Wildman–Crippen MR) is 74.4 cm³/mol. The van der Waals surface area contributed by atoms with Crippen molar-refractivity contribution in [1.29, 1.82) is 5.41 Å². The molecule has 1 aromatic heterocycles. The minimum Gasteiger partial charge on any atom is -0.383 e. The van der Waals surface area contributed by atoms with E-state index in [9.17, 15) is 0 Å². The number of hydrogen-bond acceptors (Lipinski definition) is 3. The highest BCUT2D eigenvalue weighted by Crippen LogP contribution is 2.42. The summed E-state index contributed by atoms with van der Waals surface area (Å²) in [6, 6.07) is 10.3. The van der Waals surface area contributed by atoms with Crippen molar-refractivity contribution in [3.63, 3.8) is 0 Å². The lowest BCUT2D eigenvalue weighted by molar-refractivity contribution is 1.00. The van der Waals surface area contributed by atoms with E-state index in [1.54, 1.807) is 11.3 Å². The molecular weight excluding hydrogens is 242 g/mol. The lowest BCUT2D eigenvalue weighted by atomic mass is 10.2. The van der Waals surface area contributed by atoms with E-state index in [1.807, 2.05) is 18.2 Å². The van der Waals surface area contributed by atoms with Gasteiger partial charge in [0, 0.05) is 12.3 Å². The molecule has 2 aromatic rings. The van der Waals surface area contributed by atoms with Crippen molar-refractivity contribution in [2.75, 3.05) is 0 Å². The van der Waals surface area contributed by atoms with Crippen LogP contribution in [-0.4, -0.2) is 10.8 Å². The minimum absolute atomic E-state index is 0.161. The number of benzene rings is 1. The number of aromatic nitrogens is 1. The van der Waals surface area contributed by atoms with Gasteiger partial charge < -0.3 is 5.73 Å². The molecule has 0 spiro atoms. The van der Waals surface area contributed by atoms with Gasteiger partial charge in [-0.1, -0.05) is 30.3 Å². The molecule has 1 aromatic carbocycles. The highest BCUT2D eigenvalue weighted by molar-refractivity contribution is 7.13. The Morgan fingerprint density at radius 2 is 2.06 bits per heavy atom. The summed E-state index contributed by atoms with van der Waals surface area (Å²) in [7, 11) is 0. The van der Waals surface area contributed by atoms with Crippen molar-refractivity contribution in [1.82, 2.24) is 4.98 Å². The van der Waals surface area contributed by atoms with Crippen LogP contribution < -0.4 is 5.73 Å². The van der Waals surface area contributed by atoms with E-state index in [-0.39, 0.29) is 5.84 Å². The molecule has 0 radical (unpaired) electrons. The molecule has 0 bridgehead atoms. The summed E-state index contributed by atoms with van der Waals surface area (Å²) in [6.45, 7) is 0. The normalized spacial score (nSPS) is 14.7. The van der Waals surface area contributed by atoms with Gasteiger partial charge >= 0.3 is 0 Å². The second kappa shape index (κ2) is 4.53. The molecule has 3 N–H and O–H groups in total. The molecule has 0 amide bonds. The Morgan fingerprint density at radius 3 is 2.67 bits per heavy atom. The molecule has 4 heteroatoms. The Balaban J connectivity index is 1.89. The van der Waals surface area contributed by atoms with E-state index >= 15 is 0 Å². The third-order valence-electron chi connectivity index (χ3n) is 3.10. The summed E-state index contributed by atoms with van der Waals surface area (Å²) in [5.41, 5.74) is 7.95. The molecule has 1 aliphatic carbocycles. The van der Waals surface area contributed by atoms with Gasteiger partial charge in [0.2, 0.25) is 0 Å². The third-order valence-corrected chi connectivity index (χ3v) is 4.21. The smallest absolute Gasteiger partial charge is 0.135 e. The zero-order chi connectivity index (χ0) is 12.5. The van der Waals surface area contributed by atoms with E-state index < -0.39 is 0 Å². The molecular formula is C14H15N3S. The quantitative estimate of drug-likeness (QED) is 0.653. The fourth-order valence-electron chi connectivity index (χ4n) is 2.05. The van der Waals surface area contributed by atoms with Crippen LogP contribution in [0.5, 0.6) is 0 Å². The topological polar surface area (TPSA) is 62.8 Å². The van der Waals surface area contributed by atoms with Crippen molar-refractivity contribution in [3.05, 3.63) is 51.5 Å². The van der Waals surface area contributed by atoms with Gasteiger partial charge in [-0.05, 0) is 18.4 Å². The largest absolute Gasteiger partial charge is 0.383 e. The molecule has 92 valence electrons. The molecule has 1 aliphatic rings. The van der Waals surface area contributed by atoms with Crippen LogP contribution in [0.1, 0.15) is 39.9 Å². The van der Waals surface area contributed by atoms with Crippen molar-refractivity contribution in [2.45, 2.75) is 25.2 Å². The van der Waals surface area contributed by atoms with Crippen LogP contribution in [-0.2, 0) is 6.42 Å². The van der Waals surface area contributed by atoms with E-state index in [4.69, 9.17) is 11.1 Å². The van der Waals surface area contributed by atoms with Gasteiger partial charge in [-0.3, -0.25) is 5.41 Å². The second-order valence-corrected chi connectivity index (χ2v) is 5.76. The van der Waals surface area contributed by atoms with Crippen molar-refractivity contribution < 1.29 is 0 Å². The first-order chi connectivity index (χ1) is 8.74. The highest BCUT2D eigenvalue weighted by atomic mass is 32.1. The highest BCUT2D eigenvalue weighted by Gasteiger charge is 2.30. The third kappa shape index (κ3) is 2.29. The molecule has 1 saturated carbocycles. The lowest BCUT2D eigenvalue weighted by Gasteiger charge is -1.96. The van der Waals surface area contributed by atoms with Gasteiger partial charge in [0.05, 0.1) is 15.6 Å². The number of thiazole rings is 1. The summed E-state index contributed by atoms with van der Waals surface area (Å²) < 4.78 is 0. The maximum atomic E-state index is 7.64. The lowest BCUT2D eigenvalue weighted by Crippen LogP contribution is -2.11. The second-order valence-electron chi connectivity index (χ2n) is 4.67. The van der Waals surface area contributed by atoms with Crippen LogP contribution in [0.25, 0.3) is 0 Å². The minimum atomic E-state index is 0.161. The summed E-state index contributed by atoms with van der Waals surface area (Å²) in [5, 5.41) is 8.70. The molecule has 0 atom stereocenters. The van der Waals surface area contributed by atoms with Crippen LogP contribution in [0.2, 0.25) is 0 Å². The molecule has 0 unspecified atom stereocenters. The summed E-state index contributed by atoms with van der Waals surface area (Å²) in [6.07, 6.45) is 3.21. The first-order valence-corrected chi connectivity index (χ1v) is 6.93. The Labute approximate surface area is 110 Å². The fourth-order valence-corrected chi connectivity index (χ4v) is 3.10. The fraction of sp³-hybridized carbons (Fsp3) is 0.286. The maximum absolute atomic E-state index is 7.64. The van der Waals surface area contributed by atoms with Gasteiger partial charge in [0.1, 0.15) is 5.84 Å². The van der Waals surface area contributed by atoms with Gasteiger partial charge in [0.25, 0.3) is 0 Å². The number of rotatable bonds is 4. The van der Waals surface area contributed by atoms with E-state index in [0.717, 1.165) is 22.0 Å². The van der Waals surface area contributed by atoms with Crippen LogP contribution in [0.15, 0.2) is 30.3 Å². The summed E-state index contributed by atoms with van der Waals surface area (Å²) in [4.78, 5) is 5.56. The van der Waals surface area contributed by atoms with Crippen LogP contribution in [0.4, 0.5) is 0 Å². The first kappa shape index (κ1) is 11.4. The van der Waals surface area contributed by atoms with Gasteiger partial charge in [-0.2, -0.15) is 0 Å². The zero-order valence-corrected chi connectivity index (χ0v) is 10.8. The van der Waals surface area contributed by atoms with Crippen LogP contribution in [0, 0.1) is 5.41 Å². The van der Waals surface area contributed by atoms with E-state index in [0.29, 0.717) is 5.92 Å². The number of hydrogen-bond donors (Lipinski definition) is 2. The number of amidine groups is 1. The molecule has 3 rings (SSSR count). The molecule has 18 heavy (non-hydrogen) atoms. The molecule has 0 saturated heterocycles. The van der Waals surface area contributed by atoms with Gasteiger partial charge in [0.15, 0.2) is 0 Å². The van der Waals surface area contributed by atoms with Crippen LogP contribution in [0.3, 0.4) is 0 Å². The van der Waals surface area contributed by atoms with Crippen molar-refractivity contribution >= 4 is 17.2 Å². The zero-order valence-electron chi connectivity index (χ0n) is 10.0. The average molecular weight is 257 g/mol. The molecule has 0 aliphatic heterocycles. The van der Waals surface area contributed by atoms with E-state index in [2.05, 4.69) is 17.1 Å². The SMILES string of the molecule is N=C(N)c1sc(Cc2ccccc2)nc1C1CC1. The van der Waals surface area contributed by atoms with Crippen molar-refractivity contribution in [2.24, 2.45) is 5.73 Å². The molecule has 1 fully saturated rings. The monoisotopic (exact) mass is 257 g/mol. The number of nitrogens with zero attached hydrogens (tertiary/aromatic N) is 1. The molecule has 1 heterocycles. The maximum Gasteiger partial charge on any atom is 0.135 e.